The Bertz CT molecular complexity index is 2550. The molecule has 7 aromatic rings. The zero-order valence-corrected chi connectivity index (χ0v) is 29.6. The van der Waals surface area contributed by atoms with Crippen LogP contribution in [-0.4, -0.2) is 51.0 Å². The van der Waals surface area contributed by atoms with Crippen LogP contribution in [0.15, 0.2) is 131 Å². The average molecular weight is 721 g/mol. The highest BCUT2D eigenvalue weighted by Crippen LogP contribution is 2.23. The van der Waals surface area contributed by atoms with Crippen molar-refractivity contribution in [3.63, 3.8) is 0 Å². The van der Waals surface area contributed by atoms with Crippen molar-refractivity contribution in [2.45, 2.75) is 19.6 Å². The van der Waals surface area contributed by atoms with E-state index in [4.69, 9.17) is 9.15 Å². The lowest BCUT2D eigenvalue weighted by Gasteiger charge is -2.17. The highest BCUT2D eigenvalue weighted by atomic mass is 16.5. The van der Waals surface area contributed by atoms with Gasteiger partial charge in [0.15, 0.2) is 11.2 Å². The SMILES string of the molecule is CN(CCc1ccc(NC(=O)c2ccc(C(=O)OCc3cccnc3)cc2NC(=O)c2cc(=O)c3ccccc3o2)cc1)Cc1ccc2c(cnn2C)c1. The van der Waals surface area contributed by atoms with E-state index in [0.717, 1.165) is 42.0 Å². The molecule has 7 rings (SSSR count). The van der Waals surface area contributed by atoms with Gasteiger partial charge in [-0.05, 0) is 85.3 Å². The number of esters is 1. The number of benzene rings is 4. The Kier molecular flexibility index (Phi) is 10.4. The molecule has 2 amide bonds. The number of pyridine rings is 1. The van der Waals surface area contributed by atoms with Crippen LogP contribution in [0.1, 0.15) is 48.0 Å². The van der Waals surface area contributed by atoms with Gasteiger partial charge in [-0.2, -0.15) is 5.10 Å². The van der Waals surface area contributed by atoms with Crippen LogP contribution < -0.4 is 16.1 Å². The summed E-state index contributed by atoms with van der Waals surface area (Å²) in [6, 6.07) is 29.3. The van der Waals surface area contributed by atoms with E-state index < -0.39 is 23.2 Å². The number of amides is 2. The number of nitrogens with zero attached hydrogens (tertiary/aromatic N) is 4. The molecule has 54 heavy (non-hydrogen) atoms. The van der Waals surface area contributed by atoms with Crippen LogP contribution in [0.2, 0.25) is 0 Å². The molecular formula is C42H36N6O6. The van der Waals surface area contributed by atoms with Crippen molar-refractivity contribution in [2.24, 2.45) is 7.05 Å². The maximum Gasteiger partial charge on any atom is 0.338 e. The molecule has 0 atom stereocenters. The summed E-state index contributed by atoms with van der Waals surface area (Å²) in [4.78, 5) is 59.1. The van der Waals surface area contributed by atoms with Gasteiger partial charge in [-0.1, -0.05) is 36.4 Å². The molecule has 0 unspecified atom stereocenters. The molecule has 0 bridgehead atoms. The van der Waals surface area contributed by atoms with Crippen LogP contribution in [0.5, 0.6) is 0 Å². The minimum absolute atomic E-state index is 0.0199. The molecule has 3 aromatic heterocycles. The van der Waals surface area contributed by atoms with E-state index in [0.29, 0.717) is 16.6 Å². The number of aromatic nitrogens is 3. The van der Waals surface area contributed by atoms with Crippen LogP contribution in [-0.2, 0) is 31.4 Å². The zero-order chi connectivity index (χ0) is 37.6. The van der Waals surface area contributed by atoms with E-state index in [9.17, 15) is 19.2 Å². The third-order valence-electron chi connectivity index (χ3n) is 8.96. The number of nitrogens with one attached hydrogen (secondary N) is 2. The molecule has 2 N–H and O–H groups in total. The lowest BCUT2D eigenvalue weighted by atomic mass is 10.1. The van der Waals surface area contributed by atoms with Crippen LogP contribution in [0.4, 0.5) is 11.4 Å². The lowest BCUT2D eigenvalue weighted by molar-refractivity contribution is 0.0472. The molecule has 0 spiro atoms. The van der Waals surface area contributed by atoms with Crippen molar-refractivity contribution >= 4 is 51.0 Å². The molecule has 0 aliphatic heterocycles. The number of rotatable bonds is 12. The van der Waals surface area contributed by atoms with Crippen LogP contribution in [0, 0.1) is 0 Å². The van der Waals surface area contributed by atoms with Gasteiger partial charge in [-0.3, -0.25) is 24.0 Å². The Morgan fingerprint density at radius 1 is 0.833 bits per heavy atom. The van der Waals surface area contributed by atoms with Gasteiger partial charge in [-0.15, -0.1) is 0 Å². The molecule has 12 heteroatoms. The molecule has 0 saturated carbocycles. The number of fused-ring (bicyclic) bond motifs is 2. The van der Waals surface area contributed by atoms with Crippen molar-refractivity contribution < 1.29 is 23.5 Å². The summed E-state index contributed by atoms with van der Waals surface area (Å²) in [5.74, 6) is -2.24. The number of para-hydroxylation sites is 1. The Morgan fingerprint density at radius 3 is 2.46 bits per heavy atom. The molecule has 4 aromatic carbocycles. The van der Waals surface area contributed by atoms with E-state index in [1.165, 1.54) is 23.8 Å². The lowest BCUT2D eigenvalue weighted by Crippen LogP contribution is -2.21. The molecule has 0 radical (unpaired) electrons. The number of carbonyl (C=O) groups excluding carboxylic acids is 3. The second kappa shape index (κ2) is 15.8. The number of ether oxygens (including phenoxy) is 1. The Morgan fingerprint density at radius 2 is 1.65 bits per heavy atom. The smallest absolute Gasteiger partial charge is 0.338 e. The van der Waals surface area contributed by atoms with Gasteiger partial charge in [0.25, 0.3) is 11.8 Å². The summed E-state index contributed by atoms with van der Waals surface area (Å²) < 4.78 is 13.0. The fraction of sp³-hybridized carbons (Fsp3) is 0.143. The summed E-state index contributed by atoms with van der Waals surface area (Å²) in [5, 5.41) is 11.3. The highest BCUT2D eigenvalue weighted by molar-refractivity contribution is 6.13. The van der Waals surface area contributed by atoms with E-state index >= 15 is 0 Å². The van der Waals surface area contributed by atoms with E-state index in [2.05, 4.69) is 50.9 Å². The first-order valence-corrected chi connectivity index (χ1v) is 17.2. The minimum atomic E-state index is -0.778. The normalized spacial score (nSPS) is 11.2. The van der Waals surface area contributed by atoms with Gasteiger partial charge in [0.2, 0.25) is 0 Å². The molecular weight excluding hydrogens is 684 g/mol. The van der Waals surface area contributed by atoms with Gasteiger partial charge >= 0.3 is 5.97 Å². The maximum absolute atomic E-state index is 13.7. The Hall–Kier alpha value is -6.92. The number of aryl methyl sites for hydroxylation is 1. The van der Waals surface area contributed by atoms with E-state index in [-0.39, 0.29) is 34.8 Å². The maximum atomic E-state index is 13.7. The van der Waals surface area contributed by atoms with Crippen LogP contribution in [0.25, 0.3) is 21.9 Å². The third-order valence-corrected chi connectivity index (χ3v) is 8.96. The third kappa shape index (κ3) is 8.24. The van der Waals surface area contributed by atoms with E-state index in [1.54, 1.807) is 48.8 Å². The van der Waals surface area contributed by atoms with Gasteiger partial charge < -0.3 is 24.7 Å². The predicted octanol–water partition coefficient (Wildman–Crippen LogP) is 6.61. The molecule has 0 aliphatic carbocycles. The summed E-state index contributed by atoms with van der Waals surface area (Å²) in [7, 11) is 4.01. The number of hydrogen-bond donors (Lipinski definition) is 2. The minimum Gasteiger partial charge on any atom is -0.457 e. The molecule has 12 nitrogen and oxygen atoms in total. The van der Waals surface area contributed by atoms with Gasteiger partial charge in [0.05, 0.1) is 33.9 Å². The van der Waals surface area contributed by atoms with Gasteiger partial charge in [0.1, 0.15) is 12.2 Å². The second-order valence-electron chi connectivity index (χ2n) is 12.9. The topological polar surface area (TPSA) is 149 Å². The number of hydrogen-bond acceptors (Lipinski definition) is 9. The van der Waals surface area contributed by atoms with Crippen molar-refractivity contribution in [1.82, 2.24) is 19.7 Å². The summed E-state index contributed by atoms with van der Waals surface area (Å²) in [5.41, 5.74) is 4.67. The first kappa shape index (κ1) is 35.5. The molecule has 0 aliphatic rings. The fourth-order valence-corrected chi connectivity index (χ4v) is 6.06. The van der Waals surface area contributed by atoms with E-state index in [1.807, 2.05) is 42.2 Å². The van der Waals surface area contributed by atoms with Gasteiger partial charge in [-0.25, -0.2) is 4.79 Å². The average Bonchev–Trinajstić information content (AvgIpc) is 3.56. The number of likely N-dealkylation sites (N-methyl/N-ethyl adjacent to an activating group) is 1. The fourth-order valence-electron chi connectivity index (χ4n) is 6.06. The van der Waals surface area contributed by atoms with Crippen LogP contribution >= 0.6 is 0 Å². The first-order valence-electron chi connectivity index (χ1n) is 17.2. The summed E-state index contributed by atoms with van der Waals surface area (Å²) in [6.45, 7) is 1.60. The first-order chi connectivity index (χ1) is 26.2. The van der Waals surface area contributed by atoms with Crippen molar-refractivity contribution in [3.05, 3.63) is 166 Å². The largest absolute Gasteiger partial charge is 0.457 e. The van der Waals surface area contributed by atoms with Gasteiger partial charge in [0, 0.05) is 55.2 Å². The molecule has 0 fully saturated rings. The number of carbonyl (C=O) groups is 3. The molecule has 270 valence electrons. The van der Waals surface area contributed by atoms with Crippen molar-refractivity contribution in [3.8, 4) is 0 Å². The summed E-state index contributed by atoms with van der Waals surface area (Å²) in [6.07, 6.45) is 5.88. The van der Waals surface area contributed by atoms with Crippen LogP contribution in [0.3, 0.4) is 0 Å². The van der Waals surface area contributed by atoms with Crippen molar-refractivity contribution in [1.29, 1.82) is 0 Å². The quantitative estimate of drug-likeness (QED) is 0.133. The Balaban J connectivity index is 1.04. The molecule has 0 saturated heterocycles. The second-order valence-corrected chi connectivity index (χ2v) is 12.9. The van der Waals surface area contributed by atoms with Crippen molar-refractivity contribution in [2.75, 3.05) is 24.2 Å². The molecule has 3 heterocycles. The zero-order valence-electron chi connectivity index (χ0n) is 29.6. The Labute approximate surface area is 310 Å². The standard InChI is InChI=1S/C42H36N6O6/c1-47(25-28-11-16-36-31(20-28)24-44-48(36)2)19-17-27-9-13-32(14-10-27)45-40(50)33-15-12-30(42(52)53-26-29-6-5-18-43-23-29)21-35(33)46-41(51)39-22-37(49)34-7-3-4-8-38(34)54-39/h3-16,18,20-24H,17,19,25-26H2,1-2H3,(H,45,50)(H,46,51). The predicted molar refractivity (Wildman–Crippen MR) is 205 cm³/mol. The summed E-state index contributed by atoms with van der Waals surface area (Å²) >= 11 is 0. The highest BCUT2D eigenvalue weighted by Gasteiger charge is 2.20. The number of anilines is 2. The monoisotopic (exact) mass is 720 g/mol.